The molecule has 0 radical (unpaired) electrons. The van der Waals surface area contributed by atoms with Crippen molar-refractivity contribution in [2.24, 2.45) is 0 Å². The third-order valence-electron chi connectivity index (χ3n) is 4.14. The topological polar surface area (TPSA) is 122 Å². The number of ether oxygens (including phenoxy) is 2. The van der Waals surface area contributed by atoms with Crippen molar-refractivity contribution in [3.8, 4) is 5.75 Å². The molecule has 0 saturated heterocycles. The van der Waals surface area contributed by atoms with Gasteiger partial charge in [-0.2, -0.15) is 0 Å². The number of esters is 1. The number of carbonyl (C=O) groups is 1. The Morgan fingerprint density at radius 1 is 0.767 bits per heavy atom. The van der Waals surface area contributed by atoms with E-state index in [0.717, 1.165) is 17.2 Å². The maximum Gasteiger partial charge on any atom is 0.338 e. The summed E-state index contributed by atoms with van der Waals surface area (Å²) in [6.45, 7) is 0.253. The molecular weight excluding hydrogens is 392 g/mol. The monoisotopic (exact) mass is 408 g/mol. The van der Waals surface area contributed by atoms with E-state index in [1.807, 2.05) is 0 Å². The summed E-state index contributed by atoms with van der Waals surface area (Å²) in [6, 6.07) is 18.3. The number of hydrogen-bond acceptors (Lipinski definition) is 7. The van der Waals surface area contributed by atoms with Gasteiger partial charge in [0.1, 0.15) is 19.0 Å². The van der Waals surface area contributed by atoms with Gasteiger partial charge in [-0.25, -0.2) is 4.79 Å². The van der Waals surface area contributed by atoms with Crippen molar-refractivity contribution in [3.63, 3.8) is 0 Å². The van der Waals surface area contributed by atoms with E-state index < -0.39 is 15.8 Å². The highest BCUT2D eigenvalue weighted by atomic mass is 16.6. The normalized spacial score (nSPS) is 10.3. The Labute approximate surface area is 170 Å². The SMILES string of the molecule is O=C(OCc1ccc(OCc2ccc([N+](=O)[O-])cc2)cc1)c1cccc([N+](=O)[O-])c1. The molecule has 0 amide bonds. The van der Waals surface area contributed by atoms with E-state index in [-0.39, 0.29) is 30.2 Å². The fourth-order valence-corrected chi connectivity index (χ4v) is 2.54. The van der Waals surface area contributed by atoms with Crippen molar-refractivity contribution < 1.29 is 24.1 Å². The quantitative estimate of drug-likeness (QED) is 0.307. The molecule has 0 aliphatic heterocycles. The predicted molar refractivity (Wildman–Crippen MR) is 106 cm³/mol. The van der Waals surface area contributed by atoms with Crippen LogP contribution in [0.3, 0.4) is 0 Å². The van der Waals surface area contributed by atoms with E-state index in [9.17, 15) is 25.0 Å². The first-order chi connectivity index (χ1) is 14.4. The standard InChI is InChI=1S/C21H16N2O7/c24-21(17-2-1-3-19(12-17)23(27)28)30-14-16-6-10-20(11-7-16)29-13-15-4-8-18(9-5-15)22(25)26/h1-12H,13-14H2. The summed E-state index contributed by atoms with van der Waals surface area (Å²) < 4.78 is 10.8. The molecule has 0 unspecified atom stereocenters. The number of carbonyl (C=O) groups excluding carboxylic acids is 1. The fourth-order valence-electron chi connectivity index (χ4n) is 2.54. The Kier molecular flexibility index (Phi) is 6.33. The van der Waals surface area contributed by atoms with Gasteiger partial charge in [0.05, 0.1) is 15.4 Å². The van der Waals surface area contributed by atoms with Crippen LogP contribution in [0.4, 0.5) is 11.4 Å². The molecule has 30 heavy (non-hydrogen) atoms. The lowest BCUT2D eigenvalue weighted by Crippen LogP contribution is -2.05. The molecule has 0 aromatic heterocycles. The zero-order valence-corrected chi connectivity index (χ0v) is 15.6. The molecule has 0 aliphatic rings. The molecule has 3 aromatic carbocycles. The number of nitro groups is 2. The Bertz CT molecular complexity index is 1060. The first kappa shape index (κ1) is 20.5. The fraction of sp³-hybridized carbons (Fsp3) is 0.0952. The van der Waals surface area contributed by atoms with E-state index in [1.165, 1.54) is 30.3 Å². The van der Waals surface area contributed by atoms with Gasteiger partial charge in [-0.3, -0.25) is 20.2 Å². The van der Waals surface area contributed by atoms with Crippen LogP contribution in [-0.2, 0) is 18.0 Å². The average Bonchev–Trinajstić information content (AvgIpc) is 2.77. The van der Waals surface area contributed by atoms with Gasteiger partial charge >= 0.3 is 5.97 Å². The van der Waals surface area contributed by atoms with Crippen molar-refractivity contribution >= 4 is 17.3 Å². The first-order valence-electron chi connectivity index (χ1n) is 8.79. The molecule has 3 rings (SSSR count). The molecule has 9 nitrogen and oxygen atoms in total. The van der Waals surface area contributed by atoms with Crippen molar-refractivity contribution in [2.45, 2.75) is 13.2 Å². The minimum atomic E-state index is -0.655. The summed E-state index contributed by atoms with van der Waals surface area (Å²) in [5.74, 6) is -0.0701. The average molecular weight is 408 g/mol. The largest absolute Gasteiger partial charge is 0.489 e. The van der Waals surface area contributed by atoms with E-state index >= 15 is 0 Å². The Balaban J connectivity index is 1.52. The number of rotatable bonds is 8. The predicted octanol–water partition coefficient (Wildman–Crippen LogP) is 4.44. The molecular formula is C21H16N2O7. The minimum Gasteiger partial charge on any atom is -0.489 e. The minimum absolute atomic E-state index is 0.00412. The number of nitrogens with zero attached hydrogens (tertiary/aromatic N) is 2. The number of non-ortho nitro benzene ring substituents is 2. The lowest BCUT2D eigenvalue weighted by molar-refractivity contribution is -0.385. The molecule has 0 fully saturated rings. The van der Waals surface area contributed by atoms with Gasteiger partial charge in [0.25, 0.3) is 11.4 Å². The molecule has 0 spiro atoms. The first-order valence-corrected chi connectivity index (χ1v) is 8.79. The van der Waals surface area contributed by atoms with Crippen molar-refractivity contribution in [1.82, 2.24) is 0 Å². The highest BCUT2D eigenvalue weighted by Gasteiger charge is 2.12. The third-order valence-corrected chi connectivity index (χ3v) is 4.14. The summed E-state index contributed by atoms with van der Waals surface area (Å²) in [4.78, 5) is 32.5. The number of hydrogen-bond donors (Lipinski definition) is 0. The summed E-state index contributed by atoms with van der Waals surface area (Å²) >= 11 is 0. The Morgan fingerprint density at radius 3 is 2.00 bits per heavy atom. The summed E-state index contributed by atoms with van der Waals surface area (Å²) in [5.41, 5.74) is 1.45. The van der Waals surface area contributed by atoms with Crippen LogP contribution in [0.5, 0.6) is 5.75 Å². The highest BCUT2D eigenvalue weighted by Crippen LogP contribution is 2.18. The van der Waals surface area contributed by atoms with Gasteiger partial charge in [-0.05, 0) is 41.5 Å². The van der Waals surface area contributed by atoms with Crippen LogP contribution in [0.25, 0.3) is 0 Å². The second-order valence-corrected chi connectivity index (χ2v) is 6.24. The van der Waals surface area contributed by atoms with E-state index in [2.05, 4.69) is 0 Å². The van der Waals surface area contributed by atoms with Crippen molar-refractivity contribution in [2.75, 3.05) is 0 Å². The smallest absolute Gasteiger partial charge is 0.338 e. The molecule has 0 atom stereocenters. The lowest BCUT2D eigenvalue weighted by Gasteiger charge is -2.08. The van der Waals surface area contributed by atoms with Crippen LogP contribution >= 0.6 is 0 Å². The third kappa shape index (κ3) is 5.38. The van der Waals surface area contributed by atoms with Crippen LogP contribution in [-0.4, -0.2) is 15.8 Å². The van der Waals surface area contributed by atoms with Gasteiger partial charge in [0.2, 0.25) is 0 Å². The van der Waals surface area contributed by atoms with Crippen molar-refractivity contribution in [3.05, 3.63) is 110 Å². The van der Waals surface area contributed by atoms with Gasteiger partial charge in [0.15, 0.2) is 0 Å². The molecule has 0 bridgehead atoms. The van der Waals surface area contributed by atoms with Crippen LogP contribution in [0.1, 0.15) is 21.5 Å². The lowest BCUT2D eigenvalue weighted by atomic mass is 10.2. The molecule has 0 saturated carbocycles. The van der Waals surface area contributed by atoms with Gasteiger partial charge < -0.3 is 9.47 Å². The number of benzene rings is 3. The van der Waals surface area contributed by atoms with Crippen molar-refractivity contribution in [1.29, 1.82) is 0 Å². The second-order valence-electron chi connectivity index (χ2n) is 6.24. The summed E-state index contributed by atoms with van der Waals surface area (Å²) in [5, 5.41) is 21.4. The zero-order valence-electron chi connectivity index (χ0n) is 15.6. The molecule has 3 aromatic rings. The molecule has 0 aliphatic carbocycles. The Morgan fingerprint density at radius 2 is 1.37 bits per heavy atom. The van der Waals surface area contributed by atoms with E-state index in [4.69, 9.17) is 9.47 Å². The molecule has 152 valence electrons. The number of nitro benzene ring substituents is 2. The van der Waals surface area contributed by atoms with Crippen LogP contribution in [0.2, 0.25) is 0 Å². The van der Waals surface area contributed by atoms with Gasteiger partial charge in [-0.15, -0.1) is 0 Å². The Hall–Kier alpha value is -4.27. The van der Waals surface area contributed by atoms with Crippen LogP contribution < -0.4 is 4.74 Å². The molecule has 0 heterocycles. The van der Waals surface area contributed by atoms with Gasteiger partial charge in [-0.1, -0.05) is 18.2 Å². The maximum absolute atomic E-state index is 12.1. The van der Waals surface area contributed by atoms with Gasteiger partial charge in [0, 0.05) is 24.3 Å². The zero-order chi connectivity index (χ0) is 21.5. The summed E-state index contributed by atoms with van der Waals surface area (Å²) in [7, 11) is 0. The van der Waals surface area contributed by atoms with E-state index in [0.29, 0.717) is 5.75 Å². The second kappa shape index (κ2) is 9.28. The summed E-state index contributed by atoms with van der Waals surface area (Å²) in [6.07, 6.45) is 0. The van der Waals surface area contributed by atoms with Crippen LogP contribution in [0.15, 0.2) is 72.8 Å². The van der Waals surface area contributed by atoms with E-state index in [1.54, 1.807) is 36.4 Å². The molecule has 9 heteroatoms. The highest BCUT2D eigenvalue weighted by molar-refractivity contribution is 5.90. The molecule has 0 N–H and O–H groups in total. The maximum atomic E-state index is 12.1. The van der Waals surface area contributed by atoms with Crippen LogP contribution in [0, 0.1) is 20.2 Å².